The lowest BCUT2D eigenvalue weighted by Crippen LogP contribution is -2.23. The normalized spacial score (nSPS) is 12.9. The van der Waals surface area contributed by atoms with Crippen LogP contribution in [0.1, 0.15) is 48.6 Å². The van der Waals surface area contributed by atoms with E-state index in [2.05, 4.69) is 40.9 Å². The first-order valence-corrected chi connectivity index (χ1v) is 11.7. The van der Waals surface area contributed by atoms with Crippen molar-refractivity contribution in [3.63, 3.8) is 0 Å². The summed E-state index contributed by atoms with van der Waals surface area (Å²) in [6, 6.07) is 1.73. The predicted octanol–water partition coefficient (Wildman–Crippen LogP) is 4.72. The Morgan fingerprint density at radius 2 is 1.91 bits per heavy atom. The van der Waals surface area contributed by atoms with E-state index in [9.17, 15) is 4.79 Å². The Bertz CT molecular complexity index is 1300. The standard InChI is InChI=1S/C23H25ClN6O2S/c1-13-29-19-18(20(32-5)23(2,3)4)15(12-26-22(19)33-13)10-16(31)8-14-9-17(24)21(25-11-14)30-27-6-7-28-30/h6-7,9,11-12,20H,8,10H2,1-5H3. The molecule has 33 heavy (non-hydrogen) atoms. The maximum absolute atomic E-state index is 13.1. The zero-order valence-corrected chi connectivity index (χ0v) is 20.7. The molecule has 0 amide bonds. The van der Waals surface area contributed by atoms with E-state index in [0.717, 1.165) is 32.0 Å². The fourth-order valence-corrected chi connectivity index (χ4v) is 4.96. The van der Waals surface area contributed by atoms with Gasteiger partial charge in [0.05, 0.1) is 28.5 Å². The maximum Gasteiger partial charge on any atom is 0.193 e. The Morgan fingerprint density at radius 1 is 1.18 bits per heavy atom. The van der Waals surface area contributed by atoms with E-state index in [1.165, 1.54) is 16.1 Å². The van der Waals surface area contributed by atoms with Gasteiger partial charge in [0, 0.05) is 37.9 Å². The third-order valence-corrected chi connectivity index (χ3v) is 6.37. The van der Waals surface area contributed by atoms with E-state index in [1.807, 2.05) is 6.92 Å². The number of nitrogens with zero attached hydrogens (tertiary/aromatic N) is 6. The molecule has 0 aliphatic carbocycles. The van der Waals surface area contributed by atoms with E-state index < -0.39 is 0 Å². The largest absolute Gasteiger partial charge is 0.376 e. The third kappa shape index (κ3) is 4.95. The van der Waals surface area contributed by atoms with Crippen LogP contribution in [-0.2, 0) is 22.4 Å². The minimum Gasteiger partial charge on any atom is -0.376 e. The summed E-state index contributed by atoms with van der Waals surface area (Å²) in [7, 11) is 1.69. The summed E-state index contributed by atoms with van der Waals surface area (Å²) in [4.78, 5) is 28.9. The zero-order chi connectivity index (χ0) is 23.8. The van der Waals surface area contributed by atoms with Crippen LogP contribution in [-0.4, -0.2) is 42.8 Å². The lowest BCUT2D eigenvalue weighted by Gasteiger charge is -2.31. The van der Waals surface area contributed by atoms with Crippen molar-refractivity contribution in [2.45, 2.75) is 46.6 Å². The SMILES string of the molecule is COC(c1c(CC(=O)Cc2cnc(-n3nccn3)c(Cl)c2)cnc2sc(C)nc12)C(C)(C)C. The number of hydrogen-bond acceptors (Lipinski definition) is 8. The van der Waals surface area contributed by atoms with Crippen molar-refractivity contribution in [1.29, 1.82) is 0 Å². The summed E-state index contributed by atoms with van der Waals surface area (Å²) >= 11 is 7.90. The van der Waals surface area contributed by atoms with Crippen molar-refractivity contribution in [2.75, 3.05) is 7.11 Å². The number of halogens is 1. The number of fused-ring (bicyclic) bond motifs is 1. The number of ether oxygens (including phenoxy) is 1. The van der Waals surface area contributed by atoms with E-state index in [-0.39, 0.29) is 30.1 Å². The molecule has 1 unspecified atom stereocenters. The zero-order valence-electron chi connectivity index (χ0n) is 19.2. The number of hydrogen-bond donors (Lipinski definition) is 0. The summed E-state index contributed by atoms with van der Waals surface area (Å²) in [5.41, 5.74) is 3.11. The second kappa shape index (κ2) is 9.24. The molecule has 0 aromatic carbocycles. The summed E-state index contributed by atoms with van der Waals surface area (Å²) in [5.74, 6) is 0.442. The van der Waals surface area contributed by atoms with Gasteiger partial charge in [-0.15, -0.1) is 4.80 Å². The lowest BCUT2D eigenvalue weighted by atomic mass is 9.82. The molecule has 0 aliphatic heterocycles. The molecule has 1 atom stereocenters. The number of aromatic nitrogens is 6. The van der Waals surface area contributed by atoms with Crippen LogP contribution in [0.15, 0.2) is 30.9 Å². The van der Waals surface area contributed by atoms with Gasteiger partial charge in [-0.3, -0.25) is 4.79 Å². The Morgan fingerprint density at radius 3 is 2.55 bits per heavy atom. The highest BCUT2D eigenvalue weighted by atomic mass is 35.5. The topological polar surface area (TPSA) is 95.7 Å². The molecule has 172 valence electrons. The molecule has 4 aromatic rings. The second-order valence-corrected chi connectivity index (χ2v) is 10.5. The highest BCUT2D eigenvalue weighted by Crippen LogP contribution is 2.41. The summed E-state index contributed by atoms with van der Waals surface area (Å²) in [5, 5.41) is 9.39. The van der Waals surface area contributed by atoms with Crippen LogP contribution in [0.4, 0.5) is 0 Å². The van der Waals surface area contributed by atoms with Gasteiger partial charge < -0.3 is 4.74 Å². The summed E-state index contributed by atoms with van der Waals surface area (Å²) in [6.45, 7) is 8.30. The van der Waals surface area contributed by atoms with E-state index in [4.69, 9.17) is 21.3 Å². The molecule has 0 N–H and O–H groups in total. The smallest absolute Gasteiger partial charge is 0.193 e. The van der Waals surface area contributed by atoms with Gasteiger partial charge in [0.25, 0.3) is 0 Å². The molecule has 8 nitrogen and oxygen atoms in total. The van der Waals surface area contributed by atoms with Crippen LogP contribution >= 0.6 is 22.9 Å². The second-order valence-electron chi connectivity index (χ2n) is 8.93. The number of carbonyl (C=O) groups is 1. The number of ketones is 1. The molecule has 0 radical (unpaired) electrons. The number of Topliss-reactive ketones (excluding diaryl/α,β-unsaturated/α-hetero) is 1. The number of pyridine rings is 2. The van der Waals surface area contributed by atoms with Gasteiger partial charge in [0.2, 0.25) is 0 Å². The Hall–Kier alpha value is -2.75. The Labute approximate surface area is 201 Å². The molecule has 4 rings (SSSR count). The Kier molecular flexibility index (Phi) is 6.56. The van der Waals surface area contributed by atoms with Crippen molar-refractivity contribution < 1.29 is 9.53 Å². The first kappa shape index (κ1) is 23.4. The summed E-state index contributed by atoms with van der Waals surface area (Å²) in [6.07, 6.45) is 6.68. The predicted molar refractivity (Wildman–Crippen MR) is 128 cm³/mol. The number of thiazole rings is 1. The highest BCUT2D eigenvalue weighted by molar-refractivity contribution is 7.18. The van der Waals surface area contributed by atoms with Crippen molar-refractivity contribution in [3.8, 4) is 5.82 Å². The first-order chi connectivity index (χ1) is 15.7. The molecule has 4 heterocycles. The number of carbonyl (C=O) groups excluding carboxylic acids is 1. The first-order valence-electron chi connectivity index (χ1n) is 10.5. The molecule has 0 saturated heterocycles. The number of methoxy groups -OCH3 is 1. The van der Waals surface area contributed by atoms with Gasteiger partial charge in [-0.25, -0.2) is 15.0 Å². The van der Waals surface area contributed by atoms with Crippen LogP contribution in [0.2, 0.25) is 5.02 Å². The fourth-order valence-electron chi connectivity index (χ4n) is 3.92. The maximum atomic E-state index is 13.1. The van der Waals surface area contributed by atoms with Gasteiger partial charge in [-0.2, -0.15) is 10.2 Å². The van der Waals surface area contributed by atoms with Crippen molar-refractivity contribution in [1.82, 2.24) is 29.9 Å². The lowest BCUT2D eigenvalue weighted by molar-refractivity contribution is -0.117. The average molecular weight is 485 g/mol. The van der Waals surface area contributed by atoms with E-state index in [0.29, 0.717) is 10.8 Å². The summed E-state index contributed by atoms with van der Waals surface area (Å²) < 4.78 is 5.91. The monoisotopic (exact) mass is 484 g/mol. The highest BCUT2D eigenvalue weighted by Gasteiger charge is 2.31. The van der Waals surface area contributed by atoms with Crippen LogP contribution in [0, 0.1) is 12.3 Å². The molecular weight excluding hydrogens is 460 g/mol. The molecule has 0 spiro atoms. The van der Waals surface area contributed by atoms with Crippen LogP contribution in [0.3, 0.4) is 0 Å². The minimum absolute atomic E-state index is 0.0240. The van der Waals surface area contributed by atoms with Crippen molar-refractivity contribution in [3.05, 3.63) is 57.6 Å². The van der Waals surface area contributed by atoms with Crippen molar-refractivity contribution >= 4 is 39.1 Å². The van der Waals surface area contributed by atoms with Crippen LogP contribution < -0.4 is 0 Å². The van der Waals surface area contributed by atoms with E-state index in [1.54, 1.807) is 38.0 Å². The number of aryl methyl sites for hydroxylation is 1. The van der Waals surface area contributed by atoms with Gasteiger partial charge in [-0.1, -0.05) is 43.7 Å². The molecule has 0 bridgehead atoms. The molecule has 10 heteroatoms. The molecule has 0 aliphatic rings. The van der Waals surface area contributed by atoms with Gasteiger partial charge in [0.1, 0.15) is 16.1 Å². The Balaban J connectivity index is 1.63. The van der Waals surface area contributed by atoms with Gasteiger partial charge in [0.15, 0.2) is 5.82 Å². The average Bonchev–Trinajstić information content (AvgIpc) is 3.38. The quantitative estimate of drug-likeness (QED) is 0.374. The molecular formula is C23H25ClN6O2S. The fraction of sp³-hybridized carbons (Fsp3) is 0.391. The van der Waals surface area contributed by atoms with Crippen LogP contribution in [0.5, 0.6) is 0 Å². The molecule has 0 saturated carbocycles. The molecule has 4 aromatic heterocycles. The van der Waals surface area contributed by atoms with Crippen molar-refractivity contribution in [2.24, 2.45) is 5.41 Å². The van der Waals surface area contributed by atoms with Gasteiger partial charge >= 0.3 is 0 Å². The molecule has 0 fully saturated rings. The third-order valence-electron chi connectivity index (χ3n) is 5.21. The minimum atomic E-state index is -0.232. The van der Waals surface area contributed by atoms with Crippen LogP contribution in [0.25, 0.3) is 16.2 Å². The van der Waals surface area contributed by atoms with Gasteiger partial charge in [-0.05, 0) is 29.5 Å². The number of rotatable bonds is 7. The van der Waals surface area contributed by atoms with E-state index >= 15 is 0 Å².